The van der Waals surface area contributed by atoms with Crippen molar-refractivity contribution in [3.63, 3.8) is 0 Å². The lowest BCUT2D eigenvalue weighted by Crippen LogP contribution is -2.33. The molecule has 0 radical (unpaired) electrons. The molecule has 6 nitrogen and oxygen atoms in total. The van der Waals surface area contributed by atoms with Crippen LogP contribution < -0.4 is 5.32 Å². The van der Waals surface area contributed by atoms with E-state index >= 15 is 0 Å². The minimum absolute atomic E-state index is 0.0592. The van der Waals surface area contributed by atoms with Gasteiger partial charge in [0.05, 0.1) is 0 Å². The molecule has 7 heteroatoms. The second-order valence-corrected chi connectivity index (χ2v) is 6.03. The molecule has 0 aromatic carbocycles. The third kappa shape index (κ3) is 6.01. The van der Waals surface area contributed by atoms with E-state index in [9.17, 15) is 9.59 Å². The normalized spacial score (nSPS) is 12.0. The molecule has 1 heterocycles. The molecule has 0 saturated heterocycles. The number of thioether (sulfide) groups is 1. The summed E-state index contributed by atoms with van der Waals surface area (Å²) in [6.45, 7) is 5.67. The first-order valence-corrected chi connectivity index (χ1v) is 8.45. The van der Waals surface area contributed by atoms with Crippen LogP contribution in [0.1, 0.15) is 43.1 Å². The van der Waals surface area contributed by atoms with E-state index in [1.165, 1.54) is 11.8 Å². The number of nitrogens with zero attached hydrogens (tertiary/aromatic N) is 2. The van der Waals surface area contributed by atoms with Gasteiger partial charge in [0.1, 0.15) is 0 Å². The fraction of sp³-hybridized carbons (Fsp3) is 0.600. The van der Waals surface area contributed by atoms with Crippen molar-refractivity contribution >= 4 is 23.6 Å². The molecule has 1 aromatic heterocycles. The molecule has 0 saturated carbocycles. The van der Waals surface area contributed by atoms with Gasteiger partial charge in [-0.3, -0.25) is 9.59 Å². The van der Waals surface area contributed by atoms with Gasteiger partial charge in [-0.1, -0.05) is 11.8 Å². The first-order valence-electron chi connectivity index (χ1n) is 7.22. The maximum Gasteiger partial charge on any atom is 0.303 e. The van der Waals surface area contributed by atoms with E-state index in [1.54, 1.807) is 0 Å². The van der Waals surface area contributed by atoms with Gasteiger partial charge >= 0.3 is 5.97 Å². The molecule has 0 aliphatic heterocycles. The lowest BCUT2D eigenvalue weighted by molar-refractivity contribution is -0.137. The molecule has 2 N–H and O–H groups in total. The van der Waals surface area contributed by atoms with Gasteiger partial charge in [0.2, 0.25) is 5.91 Å². The summed E-state index contributed by atoms with van der Waals surface area (Å²) in [5, 5.41) is 12.2. The maximum absolute atomic E-state index is 11.9. The topological polar surface area (TPSA) is 92.2 Å². The third-order valence-electron chi connectivity index (χ3n) is 3.38. The highest BCUT2D eigenvalue weighted by atomic mass is 32.2. The average molecular weight is 325 g/mol. The SMILES string of the molecule is CSc1nc(C)c(CCC(=O)NC(C)CCC(=O)O)c(C)n1. The number of aryl methyl sites for hydroxylation is 2. The zero-order valence-corrected chi connectivity index (χ0v) is 14.3. The van der Waals surface area contributed by atoms with Crippen molar-refractivity contribution in [2.75, 3.05) is 6.26 Å². The van der Waals surface area contributed by atoms with E-state index in [1.807, 2.05) is 27.0 Å². The highest BCUT2D eigenvalue weighted by molar-refractivity contribution is 7.98. The summed E-state index contributed by atoms with van der Waals surface area (Å²) in [4.78, 5) is 31.2. The van der Waals surface area contributed by atoms with E-state index in [0.717, 1.165) is 22.1 Å². The first kappa shape index (κ1) is 18.4. The molecular formula is C15H23N3O3S. The molecule has 0 aliphatic rings. The smallest absolute Gasteiger partial charge is 0.303 e. The largest absolute Gasteiger partial charge is 0.481 e. The van der Waals surface area contributed by atoms with Crippen LogP contribution in [0.4, 0.5) is 0 Å². The predicted molar refractivity (Wildman–Crippen MR) is 86.1 cm³/mol. The van der Waals surface area contributed by atoms with E-state index in [-0.39, 0.29) is 18.4 Å². The molecule has 0 spiro atoms. The fourth-order valence-corrected chi connectivity index (χ4v) is 2.62. The number of carboxylic acids is 1. The zero-order chi connectivity index (χ0) is 16.7. The number of amides is 1. The summed E-state index contributed by atoms with van der Waals surface area (Å²) < 4.78 is 0. The minimum Gasteiger partial charge on any atom is -0.481 e. The van der Waals surface area contributed by atoms with Crippen LogP contribution in [0.25, 0.3) is 0 Å². The lowest BCUT2D eigenvalue weighted by Gasteiger charge is -2.14. The van der Waals surface area contributed by atoms with Crippen molar-refractivity contribution in [1.82, 2.24) is 15.3 Å². The van der Waals surface area contributed by atoms with Crippen LogP contribution in [0.5, 0.6) is 0 Å². The number of rotatable bonds is 8. The highest BCUT2D eigenvalue weighted by Gasteiger charge is 2.12. The Morgan fingerprint density at radius 3 is 2.32 bits per heavy atom. The number of aromatic nitrogens is 2. The van der Waals surface area contributed by atoms with E-state index in [0.29, 0.717) is 19.3 Å². The number of carbonyl (C=O) groups excluding carboxylic acids is 1. The molecule has 1 unspecified atom stereocenters. The van der Waals surface area contributed by atoms with E-state index in [4.69, 9.17) is 5.11 Å². The van der Waals surface area contributed by atoms with E-state index in [2.05, 4.69) is 15.3 Å². The summed E-state index contributed by atoms with van der Waals surface area (Å²) in [7, 11) is 0. The Labute approximate surface area is 135 Å². The Hall–Kier alpha value is -1.63. The summed E-state index contributed by atoms with van der Waals surface area (Å²) >= 11 is 1.50. The molecule has 0 fully saturated rings. The van der Waals surface area contributed by atoms with Crippen molar-refractivity contribution in [3.8, 4) is 0 Å². The molecule has 1 amide bonds. The van der Waals surface area contributed by atoms with Gasteiger partial charge in [-0.25, -0.2) is 9.97 Å². The van der Waals surface area contributed by atoms with Gasteiger partial charge in [0.15, 0.2) is 5.16 Å². The Morgan fingerprint density at radius 2 is 1.82 bits per heavy atom. The quantitative estimate of drug-likeness (QED) is 0.562. The van der Waals surface area contributed by atoms with Gasteiger partial charge in [0.25, 0.3) is 0 Å². The number of carbonyl (C=O) groups is 2. The van der Waals surface area contributed by atoms with Crippen LogP contribution in [0.15, 0.2) is 5.16 Å². The molecule has 1 aromatic rings. The number of aliphatic carboxylic acids is 1. The predicted octanol–water partition coefficient (Wildman–Crippen LogP) is 2.12. The van der Waals surface area contributed by atoms with Gasteiger partial charge < -0.3 is 10.4 Å². The Balaban J connectivity index is 2.52. The lowest BCUT2D eigenvalue weighted by atomic mass is 10.1. The Morgan fingerprint density at radius 1 is 1.23 bits per heavy atom. The molecule has 122 valence electrons. The Bertz CT molecular complexity index is 526. The molecule has 0 aliphatic carbocycles. The molecule has 0 bridgehead atoms. The van der Waals surface area contributed by atoms with Crippen LogP contribution in [0.3, 0.4) is 0 Å². The van der Waals surface area contributed by atoms with Crippen LogP contribution in [0, 0.1) is 13.8 Å². The maximum atomic E-state index is 11.9. The van der Waals surface area contributed by atoms with Gasteiger partial charge in [-0.2, -0.15) is 0 Å². The average Bonchev–Trinajstić information content (AvgIpc) is 2.43. The molecule has 1 rings (SSSR count). The van der Waals surface area contributed by atoms with Crippen molar-refractivity contribution in [2.45, 2.75) is 57.7 Å². The van der Waals surface area contributed by atoms with Crippen molar-refractivity contribution < 1.29 is 14.7 Å². The van der Waals surface area contributed by atoms with Gasteiger partial charge in [-0.05, 0) is 45.4 Å². The minimum atomic E-state index is -0.849. The highest BCUT2D eigenvalue weighted by Crippen LogP contribution is 2.17. The van der Waals surface area contributed by atoms with Gasteiger partial charge in [-0.15, -0.1) is 0 Å². The van der Waals surface area contributed by atoms with Crippen LogP contribution in [0.2, 0.25) is 0 Å². The molecular weight excluding hydrogens is 302 g/mol. The number of nitrogens with one attached hydrogen (secondary N) is 1. The summed E-state index contributed by atoms with van der Waals surface area (Å²) in [6.07, 6.45) is 3.36. The standard InChI is InChI=1S/C15H23N3O3S/c1-9(5-8-14(20)21)16-13(19)7-6-12-10(2)17-15(22-4)18-11(12)3/h9H,5-8H2,1-4H3,(H,16,19)(H,20,21). The summed E-state index contributed by atoms with van der Waals surface area (Å²) in [5.74, 6) is -0.927. The Kier molecular flexibility index (Phi) is 7.31. The number of hydrogen-bond donors (Lipinski definition) is 2. The fourth-order valence-electron chi connectivity index (χ4n) is 2.16. The zero-order valence-electron chi connectivity index (χ0n) is 13.5. The molecule has 1 atom stereocenters. The van der Waals surface area contributed by atoms with Crippen molar-refractivity contribution in [3.05, 3.63) is 17.0 Å². The number of carboxylic acid groups (broad SMARTS) is 1. The third-order valence-corrected chi connectivity index (χ3v) is 3.93. The summed E-state index contributed by atoms with van der Waals surface area (Å²) in [5.41, 5.74) is 2.82. The van der Waals surface area contributed by atoms with Gasteiger partial charge in [0, 0.05) is 30.3 Å². The summed E-state index contributed by atoms with van der Waals surface area (Å²) in [6, 6.07) is -0.138. The monoisotopic (exact) mass is 325 g/mol. The van der Waals surface area contributed by atoms with E-state index < -0.39 is 5.97 Å². The van der Waals surface area contributed by atoms with Crippen molar-refractivity contribution in [2.24, 2.45) is 0 Å². The second-order valence-electron chi connectivity index (χ2n) is 5.26. The van der Waals surface area contributed by atoms with Crippen LogP contribution in [-0.2, 0) is 16.0 Å². The number of hydrogen-bond acceptors (Lipinski definition) is 5. The van der Waals surface area contributed by atoms with Crippen LogP contribution in [-0.4, -0.2) is 39.2 Å². The first-order chi connectivity index (χ1) is 10.3. The molecule has 22 heavy (non-hydrogen) atoms. The van der Waals surface area contributed by atoms with Crippen LogP contribution >= 0.6 is 11.8 Å². The second kappa shape index (κ2) is 8.73. The van der Waals surface area contributed by atoms with Crippen molar-refractivity contribution in [1.29, 1.82) is 0 Å².